The van der Waals surface area contributed by atoms with E-state index in [-0.39, 0.29) is 0 Å². The number of hydrogen-bond acceptors (Lipinski definition) is 0. The lowest BCUT2D eigenvalue weighted by molar-refractivity contribution is 0.544. The summed E-state index contributed by atoms with van der Waals surface area (Å²) < 4.78 is 0. The minimum Gasteiger partial charge on any atom is -0.120 e. The van der Waals surface area contributed by atoms with E-state index < -0.39 is 32.3 Å². The summed E-state index contributed by atoms with van der Waals surface area (Å²) in [7, 11) is 0. The summed E-state index contributed by atoms with van der Waals surface area (Å²) in [5, 5.41) is -2.13. The Balaban J connectivity index is 0.000000437. The van der Waals surface area contributed by atoms with Crippen LogP contribution < -0.4 is 0 Å². The highest BCUT2D eigenvalue weighted by Gasteiger charge is 2.46. The smallest absolute Gasteiger partial charge is 0.0693 e. The number of rotatable bonds is 1. The fourth-order valence-corrected chi connectivity index (χ4v) is 3.38. The lowest BCUT2D eigenvalue weighted by atomic mass is 9.97. The van der Waals surface area contributed by atoms with Crippen molar-refractivity contribution in [2.24, 2.45) is 0 Å². The molecular weight excluding hydrogens is 368 g/mol. The van der Waals surface area contributed by atoms with Crippen LogP contribution in [0.1, 0.15) is 0 Å². The van der Waals surface area contributed by atoms with Crippen molar-refractivity contribution < 1.29 is 0 Å². The Morgan fingerprint density at radius 3 is 0.882 bits per heavy atom. The molecule has 7 heteroatoms. The van der Waals surface area contributed by atoms with E-state index in [0.717, 1.165) is 0 Å². The SMILES string of the molecule is C=CC(=C)Cl.ClC1C(Cl)C(Cl)C(Cl)C(Cl)C1Cl. The summed E-state index contributed by atoms with van der Waals surface area (Å²) in [6, 6.07) is 0. The van der Waals surface area contributed by atoms with Crippen LogP contribution in [-0.2, 0) is 0 Å². The van der Waals surface area contributed by atoms with E-state index in [1.807, 2.05) is 0 Å². The molecule has 0 aromatic heterocycles. The third kappa shape index (κ3) is 5.57. The van der Waals surface area contributed by atoms with Gasteiger partial charge in [-0.2, -0.15) is 0 Å². The van der Waals surface area contributed by atoms with Gasteiger partial charge in [0.05, 0.1) is 32.3 Å². The van der Waals surface area contributed by atoms with Crippen LogP contribution in [0, 0.1) is 0 Å². The van der Waals surface area contributed by atoms with Crippen LogP contribution in [-0.4, -0.2) is 32.3 Å². The first-order valence-electron chi connectivity index (χ1n) is 4.55. The number of allylic oxidation sites excluding steroid dienone is 2. The number of hydrogen-bond donors (Lipinski definition) is 0. The molecule has 0 heterocycles. The molecule has 0 bridgehead atoms. The van der Waals surface area contributed by atoms with E-state index in [2.05, 4.69) is 13.2 Å². The molecule has 0 unspecified atom stereocenters. The molecule has 0 radical (unpaired) electrons. The average molecular weight is 379 g/mol. The molecule has 1 saturated carbocycles. The van der Waals surface area contributed by atoms with Gasteiger partial charge in [0.15, 0.2) is 0 Å². The highest BCUT2D eigenvalue weighted by molar-refractivity contribution is 6.45. The minimum atomic E-state index is -0.437. The molecule has 0 aromatic rings. The third-order valence-corrected chi connectivity index (χ3v) is 6.23. The third-order valence-electron chi connectivity index (χ3n) is 2.05. The summed E-state index contributed by atoms with van der Waals surface area (Å²) in [6.45, 7) is 6.65. The van der Waals surface area contributed by atoms with Gasteiger partial charge in [-0.25, -0.2) is 0 Å². The van der Waals surface area contributed by atoms with Gasteiger partial charge in [0, 0.05) is 5.03 Å². The molecule has 1 fully saturated rings. The monoisotopic (exact) mass is 376 g/mol. The van der Waals surface area contributed by atoms with Gasteiger partial charge in [0.25, 0.3) is 0 Å². The van der Waals surface area contributed by atoms with Gasteiger partial charge in [-0.15, -0.1) is 69.6 Å². The summed E-state index contributed by atoms with van der Waals surface area (Å²) in [5.74, 6) is 0. The van der Waals surface area contributed by atoms with Gasteiger partial charge in [-0.1, -0.05) is 30.8 Å². The van der Waals surface area contributed by atoms with Crippen molar-refractivity contribution in [3.05, 3.63) is 24.3 Å². The second-order valence-corrected chi connectivity index (χ2v) is 6.83. The Morgan fingerprint density at radius 1 is 0.706 bits per heavy atom. The van der Waals surface area contributed by atoms with Crippen LogP contribution in [0.2, 0.25) is 0 Å². The fourth-order valence-electron chi connectivity index (χ4n) is 1.05. The largest absolute Gasteiger partial charge is 0.120 e. The van der Waals surface area contributed by atoms with Gasteiger partial charge in [-0.3, -0.25) is 0 Å². The highest BCUT2D eigenvalue weighted by atomic mass is 35.5. The summed E-state index contributed by atoms with van der Waals surface area (Å²) in [6.07, 6.45) is 1.49. The second-order valence-electron chi connectivity index (χ2n) is 3.32. The maximum absolute atomic E-state index is 5.88. The van der Waals surface area contributed by atoms with Crippen molar-refractivity contribution in [1.82, 2.24) is 0 Å². The molecule has 0 amide bonds. The van der Waals surface area contributed by atoms with Crippen LogP contribution >= 0.6 is 81.2 Å². The van der Waals surface area contributed by atoms with E-state index in [1.165, 1.54) is 6.08 Å². The average Bonchev–Trinajstić information content (AvgIpc) is 2.32. The maximum Gasteiger partial charge on any atom is 0.0693 e. The van der Waals surface area contributed by atoms with Crippen LogP contribution in [0.4, 0.5) is 0 Å². The molecule has 0 N–H and O–H groups in total. The van der Waals surface area contributed by atoms with Crippen LogP contribution in [0.15, 0.2) is 24.3 Å². The standard InChI is InChI=1S/C6H6Cl6.C4H5Cl/c7-1-2(8)4(10)6(12)5(11)3(1)9;1-3-4(2)5/h1-6H;3H,1-2H2. The Hall–Kier alpha value is 1.51. The van der Waals surface area contributed by atoms with Crippen LogP contribution in [0.3, 0.4) is 0 Å². The molecule has 0 saturated heterocycles. The number of halogens is 7. The van der Waals surface area contributed by atoms with Crippen LogP contribution in [0.25, 0.3) is 0 Å². The van der Waals surface area contributed by atoms with E-state index in [1.54, 1.807) is 0 Å². The van der Waals surface area contributed by atoms with Crippen molar-refractivity contribution >= 4 is 81.2 Å². The zero-order valence-electron chi connectivity index (χ0n) is 8.60. The van der Waals surface area contributed by atoms with Gasteiger partial charge < -0.3 is 0 Å². The molecule has 0 atom stereocenters. The van der Waals surface area contributed by atoms with Gasteiger partial charge >= 0.3 is 0 Å². The molecule has 100 valence electrons. The van der Waals surface area contributed by atoms with E-state index in [0.29, 0.717) is 5.03 Å². The van der Waals surface area contributed by atoms with E-state index in [9.17, 15) is 0 Å². The van der Waals surface area contributed by atoms with Crippen molar-refractivity contribution in [2.45, 2.75) is 32.3 Å². The Labute approximate surface area is 137 Å². The summed E-state index contributed by atoms with van der Waals surface area (Å²) in [4.78, 5) is 0. The first-order chi connectivity index (χ1) is 7.73. The topological polar surface area (TPSA) is 0 Å². The first-order valence-corrected chi connectivity index (χ1v) is 7.55. The van der Waals surface area contributed by atoms with Crippen molar-refractivity contribution in [1.29, 1.82) is 0 Å². The molecule has 0 nitrogen and oxygen atoms in total. The number of alkyl halides is 6. The minimum absolute atomic E-state index is 0.437. The highest BCUT2D eigenvalue weighted by Crippen LogP contribution is 2.39. The zero-order chi connectivity index (χ0) is 13.7. The molecule has 1 aliphatic rings. The maximum atomic E-state index is 5.88. The van der Waals surface area contributed by atoms with Gasteiger partial charge in [0.1, 0.15) is 0 Å². The second kappa shape index (κ2) is 8.64. The van der Waals surface area contributed by atoms with Gasteiger partial charge in [0.2, 0.25) is 0 Å². The molecular formula is C10H11Cl7. The Morgan fingerprint density at radius 2 is 0.824 bits per heavy atom. The molecule has 0 aliphatic heterocycles. The van der Waals surface area contributed by atoms with Crippen LogP contribution in [0.5, 0.6) is 0 Å². The van der Waals surface area contributed by atoms with E-state index >= 15 is 0 Å². The van der Waals surface area contributed by atoms with Crippen molar-refractivity contribution in [2.75, 3.05) is 0 Å². The normalized spacial score (nSPS) is 41.1. The zero-order valence-corrected chi connectivity index (χ0v) is 13.9. The molecule has 0 aromatic carbocycles. The Kier molecular flexibility index (Phi) is 9.40. The molecule has 1 rings (SSSR count). The lowest BCUT2D eigenvalue weighted by Crippen LogP contribution is -2.52. The predicted molar refractivity (Wildman–Crippen MR) is 83.0 cm³/mol. The summed E-state index contributed by atoms with van der Waals surface area (Å²) >= 11 is 40.4. The quantitative estimate of drug-likeness (QED) is 0.413. The van der Waals surface area contributed by atoms with Gasteiger partial charge in [-0.05, 0) is 0 Å². The summed E-state index contributed by atoms with van der Waals surface area (Å²) in [5.41, 5.74) is 0. The molecule has 1 aliphatic carbocycles. The first kappa shape index (κ1) is 18.5. The van der Waals surface area contributed by atoms with Crippen molar-refractivity contribution in [3.8, 4) is 0 Å². The predicted octanol–water partition coefficient (Wildman–Crippen LogP) is 5.57. The fraction of sp³-hybridized carbons (Fsp3) is 0.600. The van der Waals surface area contributed by atoms with E-state index in [4.69, 9.17) is 81.2 Å². The van der Waals surface area contributed by atoms with Crippen molar-refractivity contribution in [3.63, 3.8) is 0 Å². The lowest BCUT2D eigenvalue weighted by Gasteiger charge is -2.37. The molecule has 0 spiro atoms. The Bertz CT molecular complexity index is 209. The molecule has 17 heavy (non-hydrogen) atoms.